The van der Waals surface area contributed by atoms with Gasteiger partial charge in [0.2, 0.25) is 0 Å². The zero-order chi connectivity index (χ0) is 18.9. The molecule has 6 nitrogen and oxygen atoms in total. The quantitative estimate of drug-likeness (QED) is 0.721. The van der Waals surface area contributed by atoms with Crippen molar-refractivity contribution in [3.8, 4) is 0 Å². The van der Waals surface area contributed by atoms with Gasteiger partial charge in [-0.25, -0.2) is 0 Å². The Kier molecular flexibility index (Phi) is 7.35. The summed E-state index contributed by atoms with van der Waals surface area (Å²) in [6.07, 6.45) is 0.143. The Morgan fingerprint density at radius 3 is 2.58 bits per heavy atom. The first kappa shape index (κ1) is 19.7. The fraction of sp³-hybridized carbons (Fsp3) is 0.316. The molecule has 7 heteroatoms. The van der Waals surface area contributed by atoms with Crippen LogP contribution < -0.4 is 5.32 Å². The first-order valence-corrected chi connectivity index (χ1v) is 9.33. The number of carbonyl (C=O) groups is 3. The van der Waals surface area contributed by atoms with Gasteiger partial charge in [-0.15, -0.1) is 0 Å². The van der Waals surface area contributed by atoms with Gasteiger partial charge in [0.15, 0.2) is 6.61 Å². The fourth-order valence-corrected chi connectivity index (χ4v) is 3.05. The minimum Gasteiger partial charge on any atom is -0.455 e. The van der Waals surface area contributed by atoms with Crippen molar-refractivity contribution in [1.82, 2.24) is 4.90 Å². The second-order valence-electron chi connectivity index (χ2n) is 5.58. The number of amides is 2. The van der Waals surface area contributed by atoms with Gasteiger partial charge in [0.25, 0.3) is 11.8 Å². The van der Waals surface area contributed by atoms with Crippen LogP contribution >= 0.6 is 11.3 Å². The number of ether oxygens (including phenoxy) is 1. The van der Waals surface area contributed by atoms with Gasteiger partial charge in [0.05, 0.1) is 6.42 Å². The molecule has 0 radical (unpaired) electrons. The minimum absolute atomic E-state index is 0.0895. The molecule has 0 fully saturated rings. The summed E-state index contributed by atoms with van der Waals surface area (Å²) < 4.78 is 4.98. The van der Waals surface area contributed by atoms with Crippen molar-refractivity contribution < 1.29 is 19.1 Å². The van der Waals surface area contributed by atoms with Crippen LogP contribution in [0.2, 0.25) is 0 Å². The molecule has 0 unspecified atom stereocenters. The fourth-order valence-electron chi connectivity index (χ4n) is 2.38. The number of nitrogens with one attached hydrogen (secondary N) is 1. The third kappa shape index (κ3) is 5.70. The molecule has 1 aromatic carbocycles. The smallest absolute Gasteiger partial charge is 0.310 e. The molecule has 26 heavy (non-hydrogen) atoms. The van der Waals surface area contributed by atoms with Crippen LogP contribution in [0.4, 0.5) is 5.69 Å². The number of benzene rings is 1. The van der Waals surface area contributed by atoms with Gasteiger partial charge < -0.3 is 15.0 Å². The lowest BCUT2D eigenvalue weighted by atomic mass is 10.1. The van der Waals surface area contributed by atoms with E-state index in [9.17, 15) is 14.4 Å². The van der Waals surface area contributed by atoms with Gasteiger partial charge in [-0.05, 0) is 54.4 Å². The number of esters is 1. The van der Waals surface area contributed by atoms with Crippen LogP contribution in [-0.2, 0) is 20.7 Å². The summed E-state index contributed by atoms with van der Waals surface area (Å²) in [5.41, 5.74) is 1.85. The molecule has 2 aromatic rings. The van der Waals surface area contributed by atoms with E-state index >= 15 is 0 Å². The van der Waals surface area contributed by atoms with Crippen LogP contribution in [-0.4, -0.2) is 42.4 Å². The molecule has 1 heterocycles. The lowest BCUT2D eigenvalue weighted by molar-refractivity contribution is -0.146. The van der Waals surface area contributed by atoms with E-state index in [2.05, 4.69) is 5.32 Å². The molecule has 0 atom stereocenters. The second kappa shape index (κ2) is 9.72. The zero-order valence-corrected chi connectivity index (χ0v) is 15.7. The number of nitrogens with zero attached hydrogens (tertiary/aromatic N) is 1. The van der Waals surface area contributed by atoms with Gasteiger partial charge in [0, 0.05) is 24.3 Å². The van der Waals surface area contributed by atoms with E-state index in [1.54, 1.807) is 29.2 Å². The molecule has 138 valence electrons. The van der Waals surface area contributed by atoms with E-state index in [1.165, 1.54) is 11.3 Å². The highest BCUT2D eigenvalue weighted by atomic mass is 32.1. The molecule has 2 amide bonds. The van der Waals surface area contributed by atoms with Crippen LogP contribution in [0.25, 0.3) is 0 Å². The van der Waals surface area contributed by atoms with E-state index < -0.39 is 11.9 Å². The van der Waals surface area contributed by atoms with Crippen LogP contribution in [0, 0.1) is 0 Å². The second-order valence-corrected chi connectivity index (χ2v) is 6.36. The summed E-state index contributed by atoms with van der Waals surface area (Å²) in [6, 6.07) is 8.55. The largest absolute Gasteiger partial charge is 0.455 e. The maximum absolute atomic E-state index is 12.4. The molecule has 1 aromatic heterocycles. The Hall–Kier alpha value is -2.67. The monoisotopic (exact) mass is 374 g/mol. The molecule has 0 spiro atoms. The Bertz CT molecular complexity index is 755. The third-order valence-corrected chi connectivity index (χ3v) is 4.47. The topological polar surface area (TPSA) is 75.7 Å². The van der Waals surface area contributed by atoms with Crippen LogP contribution in [0.3, 0.4) is 0 Å². The molecule has 1 N–H and O–H groups in total. The van der Waals surface area contributed by atoms with Crippen LogP contribution in [0.5, 0.6) is 0 Å². The molecule has 0 aliphatic rings. The van der Waals surface area contributed by atoms with E-state index in [-0.39, 0.29) is 18.9 Å². The van der Waals surface area contributed by atoms with Crippen molar-refractivity contribution in [2.24, 2.45) is 0 Å². The third-order valence-electron chi connectivity index (χ3n) is 3.74. The van der Waals surface area contributed by atoms with E-state index in [1.807, 2.05) is 30.7 Å². The maximum atomic E-state index is 12.4. The van der Waals surface area contributed by atoms with Crippen LogP contribution in [0.15, 0.2) is 41.1 Å². The number of carbonyl (C=O) groups excluding carboxylic acids is 3. The van der Waals surface area contributed by atoms with Crippen molar-refractivity contribution >= 4 is 34.8 Å². The Morgan fingerprint density at radius 1 is 1.15 bits per heavy atom. The molecule has 0 saturated carbocycles. The predicted molar refractivity (Wildman–Crippen MR) is 101 cm³/mol. The summed E-state index contributed by atoms with van der Waals surface area (Å²) in [5.74, 6) is -0.992. The summed E-state index contributed by atoms with van der Waals surface area (Å²) in [4.78, 5) is 37.7. The first-order chi connectivity index (χ1) is 12.5. The molecule has 0 saturated heterocycles. The Morgan fingerprint density at radius 2 is 1.92 bits per heavy atom. The highest BCUT2D eigenvalue weighted by molar-refractivity contribution is 7.08. The predicted octanol–water partition coefficient (Wildman–Crippen LogP) is 2.95. The summed E-state index contributed by atoms with van der Waals surface area (Å²) in [6.45, 7) is 4.70. The molecular weight excluding hydrogens is 352 g/mol. The molecule has 0 aliphatic heterocycles. The number of anilines is 1. The number of hydrogen-bond acceptors (Lipinski definition) is 5. The average molecular weight is 374 g/mol. The van der Waals surface area contributed by atoms with E-state index in [0.717, 1.165) is 5.56 Å². The maximum Gasteiger partial charge on any atom is 0.310 e. The van der Waals surface area contributed by atoms with Crippen molar-refractivity contribution in [2.45, 2.75) is 20.3 Å². The highest BCUT2D eigenvalue weighted by Gasteiger charge is 2.14. The van der Waals surface area contributed by atoms with Crippen molar-refractivity contribution in [2.75, 3.05) is 25.0 Å². The number of rotatable bonds is 8. The number of hydrogen-bond donors (Lipinski definition) is 1. The summed E-state index contributed by atoms with van der Waals surface area (Å²) >= 11 is 1.50. The zero-order valence-electron chi connectivity index (χ0n) is 14.9. The van der Waals surface area contributed by atoms with Gasteiger partial charge in [-0.2, -0.15) is 11.3 Å². The average Bonchev–Trinajstić information content (AvgIpc) is 3.14. The normalized spacial score (nSPS) is 10.2. The summed E-state index contributed by atoms with van der Waals surface area (Å²) in [5, 5.41) is 6.38. The lowest BCUT2D eigenvalue weighted by Crippen LogP contribution is -2.30. The van der Waals surface area contributed by atoms with Crippen molar-refractivity contribution in [1.29, 1.82) is 0 Å². The van der Waals surface area contributed by atoms with E-state index in [4.69, 9.17) is 4.74 Å². The van der Waals surface area contributed by atoms with Crippen molar-refractivity contribution in [3.05, 3.63) is 52.2 Å². The van der Waals surface area contributed by atoms with Gasteiger partial charge in [0.1, 0.15) is 0 Å². The van der Waals surface area contributed by atoms with Gasteiger partial charge >= 0.3 is 5.97 Å². The van der Waals surface area contributed by atoms with Crippen molar-refractivity contribution in [3.63, 3.8) is 0 Å². The SMILES string of the molecule is CCN(CC)C(=O)c1cccc(NC(=O)COC(=O)Cc2ccsc2)c1. The van der Waals surface area contributed by atoms with Gasteiger partial charge in [-0.3, -0.25) is 14.4 Å². The van der Waals surface area contributed by atoms with Gasteiger partial charge in [-0.1, -0.05) is 6.07 Å². The highest BCUT2D eigenvalue weighted by Crippen LogP contribution is 2.13. The molecule has 0 bridgehead atoms. The minimum atomic E-state index is -0.455. The summed E-state index contributed by atoms with van der Waals surface area (Å²) in [7, 11) is 0. The Labute approximate surface area is 156 Å². The van der Waals surface area contributed by atoms with E-state index in [0.29, 0.717) is 24.3 Å². The molecular formula is C19H22N2O4S. The van der Waals surface area contributed by atoms with Crippen LogP contribution in [0.1, 0.15) is 29.8 Å². The lowest BCUT2D eigenvalue weighted by Gasteiger charge is -2.19. The molecule has 2 rings (SSSR count). The molecule has 0 aliphatic carbocycles. The Balaban J connectivity index is 1.87. The first-order valence-electron chi connectivity index (χ1n) is 8.39. The standard InChI is InChI=1S/C19H22N2O4S/c1-3-21(4-2)19(24)15-6-5-7-16(11-15)20-17(22)12-25-18(23)10-14-8-9-26-13-14/h5-9,11,13H,3-4,10,12H2,1-2H3,(H,20,22). The number of thiophene rings is 1.